The summed E-state index contributed by atoms with van der Waals surface area (Å²) in [6, 6.07) is 5.97. The van der Waals surface area contributed by atoms with Gasteiger partial charge in [-0.2, -0.15) is 0 Å². The molecular weight excluding hydrogens is 297 g/mol. The van der Waals surface area contributed by atoms with E-state index in [4.69, 9.17) is 0 Å². The van der Waals surface area contributed by atoms with Crippen LogP contribution in [-0.2, 0) is 6.54 Å². The summed E-state index contributed by atoms with van der Waals surface area (Å²) in [6.07, 6.45) is 0. The average molecular weight is 317 g/mol. The molecule has 0 unspecified atom stereocenters. The highest BCUT2D eigenvalue weighted by Gasteiger charge is 2.09. The molecule has 1 aromatic heterocycles. The number of rotatable bonds is 4. The molecule has 0 saturated carbocycles. The Labute approximate surface area is 134 Å². The zero-order chi connectivity index (χ0) is 17.0. The smallest absolute Gasteiger partial charge is 0.319 e. The molecule has 0 aliphatic heterocycles. The SMILES string of the molecule is Cc1cc(N(C)C)nc(CNC(=O)Nc2cccc(F)c2C)n1. The van der Waals surface area contributed by atoms with E-state index in [9.17, 15) is 9.18 Å². The second-order valence-electron chi connectivity index (χ2n) is 5.40. The number of amides is 2. The third-order valence-corrected chi connectivity index (χ3v) is 3.27. The number of nitrogens with one attached hydrogen (secondary N) is 2. The lowest BCUT2D eigenvalue weighted by Gasteiger charge is -2.14. The van der Waals surface area contributed by atoms with Crippen LogP contribution in [0.1, 0.15) is 17.1 Å². The van der Waals surface area contributed by atoms with Crippen molar-refractivity contribution in [3.8, 4) is 0 Å². The van der Waals surface area contributed by atoms with Gasteiger partial charge in [0.2, 0.25) is 0 Å². The fourth-order valence-electron chi connectivity index (χ4n) is 1.99. The van der Waals surface area contributed by atoms with Crippen molar-refractivity contribution < 1.29 is 9.18 Å². The largest absolute Gasteiger partial charge is 0.363 e. The van der Waals surface area contributed by atoms with Crippen LogP contribution in [0, 0.1) is 19.7 Å². The van der Waals surface area contributed by atoms with E-state index in [1.165, 1.54) is 6.07 Å². The zero-order valence-electron chi connectivity index (χ0n) is 13.6. The van der Waals surface area contributed by atoms with Crippen LogP contribution in [0.2, 0.25) is 0 Å². The molecule has 0 saturated heterocycles. The minimum absolute atomic E-state index is 0.183. The van der Waals surface area contributed by atoms with E-state index in [2.05, 4.69) is 20.6 Å². The minimum atomic E-state index is -0.435. The molecule has 2 rings (SSSR count). The van der Waals surface area contributed by atoms with Crippen molar-refractivity contribution in [2.75, 3.05) is 24.3 Å². The summed E-state index contributed by atoms with van der Waals surface area (Å²) in [7, 11) is 3.77. The molecule has 7 heteroatoms. The average Bonchev–Trinajstić information content (AvgIpc) is 2.49. The lowest BCUT2D eigenvalue weighted by molar-refractivity contribution is 0.251. The molecule has 2 N–H and O–H groups in total. The van der Waals surface area contributed by atoms with Gasteiger partial charge in [0.15, 0.2) is 0 Å². The van der Waals surface area contributed by atoms with E-state index in [1.54, 1.807) is 19.1 Å². The predicted octanol–water partition coefficient (Wildman–Crippen LogP) is 2.62. The van der Waals surface area contributed by atoms with Crippen LogP contribution >= 0.6 is 0 Å². The molecule has 0 radical (unpaired) electrons. The first-order chi connectivity index (χ1) is 10.9. The third kappa shape index (κ3) is 4.38. The van der Waals surface area contributed by atoms with Crippen molar-refractivity contribution in [3.63, 3.8) is 0 Å². The van der Waals surface area contributed by atoms with E-state index < -0.39 is 6.03 Å². The van der Waals surface area contributed by atoms with Crippen LogP contribution in [0.3, 0.4) is 0 Å². The van der Waals surface area contributed by atoms with Crippen LogP contribution in [0.25, 0.3) is 0 Å². The Balaban J connectivity index is 2.01. The molecule has 0 spiro atoms. The fourth-order valence-corrected chi connectivity index (χ4v) is 1.99. The maximum atomic E-state index is 13.4. The van der Waals surface area contributed by atoms with Gasteiger partial charge in [0.25, 0.3) is 0 Å². The molecule has 6 nitrogen and oxygen atoms in total. The monoisotopic (exact) mass is 317 g/mol. The third-order valence-electron chi connectivity index (χ3n) is 3.27. The van der Waals surface area contributed by atoms with E-state index in [1.807, 2.05) is 32.0 Å². The van der Waals surface area contributed by atoms with Crippen LogP contribution in [-0.4, -0.2) is 30.1 Å². The summed E-state index contributed by atoms with van der Waals surface area (Å²) in [4.78, 5) is 22.5. The molecule has 122 valence electrons. The molecule has 23 heavy (non-hydrogen) atoms. The number of aromatic nitrogens is 2. The van der Waals surface area contributed by atoms with Crippen LogP contribution in [0.15, 0.2) is 24.3 Å². The number of nitrogens with zero attached hydrogens (tertiary/aromatic N) is 3. The standard InChI is InChI=1S/C16H20FN5O/c1-10-8-15(22(3)4)21-14(19-10)9-18-16(23)20-13-7-5-6-12(17)11(13)2/h5-8H,9H2,1-4H3,(H2,18,20,23). The number of carbonyl (C=O) groups is 1. The zero-order valence-corrected chi connectivity index (χ0v) is 13.6. The molecular formula is C16H20FN5O. The van der Waals surface area contributed by atoms with Gasteiger partial charge >= 0.3 is 6.03 Å². The van der Waals surface area contributed by atoms with E-state index in [0.29, 0.717) is 17.1 Å². The molecule has 1 heterocycles. The second kappa shape index (κ2) is 7.04. The van der Waals surface area contributed by atoms with Crippen LogP contribution < -0.4 is 15.5 Å². The van der Waals surface area contributed by atoms with Crippen molar-refractivity contribution in [1.82, 2.24) is 15.3 Å². The van der Waals surface area contributed by atoms with E-state index in [0.717, 1.165) is 11.5 Å². The van der Waals surface area contributed by atoms with Gasteiger partial charge < -0.3 is 15.5 Å². The molecule has 0 aliphatic carbocycles. The molecule has 2 amide bonds. The molecule has 2 aromatic rings. The van der Waals surface area contributed by atoms with Gasteiger partial charge in [-0.25, -0.2) is 19.2 Å². The van der Waals surface area contributed by atoms with Crippen molar-refractivity contribution in [1.29, 1.82) is 0 Å². The van der Waals surface area contributed by atoms with Crippen LogP contribution in [0.5, 0.6) is 0 Å². The van der Waals surface area contributed by atoms with Crippen molar-refractivity contribution >= 4 is 17.5 Å². The lowest BCUT2D eigenvalue weighted by atomic mass is 10.2. The van der Waals surface area contributed by atoms with Gasteiger partial charge in [0, 0.05) is 37.1 Å². The molecule has 0 aliphatic rings. The summed E-state index contributed by atoms with van der Waals surface area (Å²) in [5, 5.41) is 5.29. The predicted molar refractivity (Wildman–Crippen MR) is 88.1 cm³/mol. The Bertz CT molecular complexity index is 718. The number of anilines is 2. The number of benzene rings is 1. The van der Waals surface area contributed by atoms with Gasteiger partial charge in [-0.15, -0.1) is 0 Å². The lowest BCUT2D eigenvalue weighted by Crippen LogP contribution is -2.29. The topological polar surface area (TPSA) is 70.2 Å². The van der Waals surface area contributed by atoms with Crippen molar-refractivity contribution in [3.05, 3.63) is 47.2 Å². The minimum Gasteiger partial charge on any atom is -0.363 e. The second-order valence-corrected chi connectivity index (χ2v) is 5.40. The Morgan fingerprint density at radius 2 is 2.00 bits per heavy atom. The summed E-state index contributed by atoms with van der Waals surface area (Å²) >= 11 is 0. The van der Waals surface area contributed by atoms with Gasteiger partial charge in [-0.05, 0) is 26.0 Å². The number of hydrogen-bond donors (Lipinski definition) is 2. The van der Waals surface area contributed by atoms with Crippen LogP contribution in [0.4, 0.5) is 20.7 Å². The van der Waals surface area contributed by atoms with E-state index >= 15 is 0 Å². The molecule has 1 aromatic carbocycles. The van der Waals surface area contributed by atoms with Gasteiger partial charge in [0.1, 0.15) is 17.5 Å². The maximum Gasteiger partial charge on any atom is 0.319 e. The normalized spacial score (nSPS) is 10.3. The summed E-state index contributed by atoms with van der Waals surface area (Å²) in [5.41, 5.74) is 1.65. The quantitative estimate of drug-likeness (QED) is 0.909. The molecule has 0 atom stereocenters. The first kappa shape index (κ1) is 16.7. The van der Waals surface area contributed by atoms with Crippen molar-refractivity contribution in [2.24, 2.45) is 0 Å². The van der Waals surface area contributed by atoms with Crippen molar-refractivity contribution in [2.45, 2.75) is 20.4 Å². The summed E-state index contributed by atoms with van der Waals surface area (Å²) in [5.74, 6) is 0.927. The first-order valence-corrected chi connectivity index (χ1v) is 7.18. The number of halogens is 1. The highest BCUT2D eigenvalue weighted by atomic mass is 19.1. The van der Waals surface area contributed by atoms with Gasteiger partial charge in [-0.1, -0.05) is 6.07 Å². The highest BCUT2D eigenvalue weighted by molar-refractivity contribution is 5.89. The molecule has 0 fully saturated rings. The fraction of sp³-hybridized carbons (Fsp3) is 0.312. The number of carbonyl (C=O) groups excluding carboxylic acids is 1. The summed E-state index contributed by atoms with van der Waals surface area (Å²) in [6.45, 7) is 3.66. The van der Waals surface area contributed by atoms with Gasteiger partial charge in [0.05, 0.1) is 6.54 Å². The number of hydrogen-bond acceptors (Lipinski definition) is 4. The molecule has 0 bridgehead atoms. The Kier molecular flexibility index (Phi) is 5.10. The van der Waals surface area contributed by atoms with E-state index in [-0.39, 0.29) is 12.4 Å². The highest BCUT2D eigenvalue weighted by Crippen LogP contribution is 2.17. The number of aryl methyl sites for hydroxylation is 1. The Morgan fingerprint density at radius 1 is 1.26 bits per heavy atom. The Morgan fingerprint density at radius 3 is 2.70 bits per heavy atom. The van der Waals surface area contributed by atoms with Gasteiger partial charge in [-0.3, -0.25) is 0 Å². The first-order valence-electron chi connectivity index (χ1n) is 7.18. The maximum absolute atomic E-state index is 13.4. The summed E-state index contributed by atoms with van der Waals surface area (Å²) < 4.78 is 13.4. The number of urea groups is 1. The Hall–Kier alpha value is -2.70.